The average molecular weight is 358 g/mol. The third-order valence-electron chi connectivity index (χ3n) is 4.25. The monoisotopic (exact) mass is 358 g/mol. The minimum Gasteiger partial charge on any atom is -0.454 e. The molecule has 0 unspecified atom stereocenters. The van der Waals surface area contributed by atoms with E-state index in [4.69, 9.17) is 15.2 Å². The maximum Gasteiger partial charge on any atom is 0.231 e. The van der Waals surface area contributed by atoms with Crippen LogP contribution in [0.1, 0.15) is 11.3 Å². The Morgan fingerprint density at radius 3 is 2.52 bits per heavy atom. The van der Waals surface area contributed by atoms with Crippen LogP contribution in [-0.2, 0) is 0 Å². The number of hydrogen-bond donors (Lipinski definition) is 1. The van der Waals surface area contributed by atoms with Gasteiger partial charge in [0, 0.05) is 25.3 Å². The Labute approximate surface area is 157 Å². The first-order valence-corrected chi connectivity index (χ1v) is 8.42. The van der Waals surface area contributed by atoms with Gasteiger partial charge in [0.15, 0.2) is 11.5 Å². The van der Waals surface area contributed by atoms with E-state index in [2.05, 4.69) is 21.8 Å². The first-order valence-electron chi connectivity index (χ1n) is 8.42. The molecule has 0 spiro atoms. The number of nitrogen functional groups attached to an aromatic ring is 1. The molecule has 1 aliphatic heterocycles. The van der Waals surface area contributed by atoms with E-state index in [9.17, 15) is 0 Å². The first-order chi connectivity index (χ1) is 13.1. The predicted octanol–water partition coefficient (Wildman–Crippen LogP) is 2.92. The molecule has 0 aliphatic carbocycles. The van der Waals surface area contributed by atoms with E-state index in [1.165, 1.54) is 6.33 Å². The van der Waals surface area contributed by atoms with Crippen molar-refractivity contribution >= 4 is 11.5 Å². The topological polar surface area (TPSA) is 73.5 Å². The van der Waals surface area contributed by atoms with Gasteiger partial charge in [-0.2, -0.15) is 0 Å². The van der Waals surface area contributed by atoms with Gasteiger partial charge >= 0.3 is 0 Å². The van der Waals surface area contributed by atoms with Gasteiger partial charge in [-0.05, 0) is 47.9 Å². The van der Waals surface area contributed by atoms with Crippen molar-refractivity contribution in [1.29, 1.82) is 0 Å². The summed E-state index contributed by atoms with van der Waals surface area (Å²) >= 11 is 0. The van der Waals surface area contributed by atoms with Gasteiger partial charge in [-0.1, -0.05) is 12.0 Å². The summed E-state index contributed by atoms with van der Waals surface area (Å²) in [5.41, 5.74) is 10.2. The molecule has 2 heterocycles. The van der Waals surface area contributed by atoms with Crippen LogP contribution in [0.2, 0.25) is 0 Å². The van der Waals surface area contributed by atoms with Crippen LogP contribution in [0.5, 0.6) is 11.5 Å². The van der Waals surface area contributed by atoms with Crippen molar-refractivity contribution in [3.05, 3.63) is 60.0 Å². The van der Waals surface area contributed by atoms with Crippen LogP contribution in [0.3, 0.4) is 0 Å². The van der Waals surface area contributed by atoms with Gasteiger partial charge in [0.2, 0.25) is 6.79 Å². The van der Waals surface area contributed by atoms with Gasteiger partial charge in [-0.3, -0.25) is 0 Å². The molecule has 1 aliphatic rings. The highest BCUT2D eigenvalue weighted by atomic mass is 16.7. The Kier molecular flexibility index (Phi) is 4.27. The summed E-state index contributed by atoms with van der Waals surface area (Å²) in [7, 11) is 4.00. The van der Waals surface area contributed by atoms with E-state index in [1.54, 1.807) is 0 Å². The largest absolute Gasteiger partial charge is 0.454 e. The van der Waals surface area contributed by atoms with Gasteiger partial charge in [-0.15, -0.1) is 0 Å². The molecule has 134 valence electrons. The number of fused-ring (bicyclic) bond motifs is 1. The second kappa shape index (κ2) is 6.89. The second-order valence-corrected chi connectivity index (χ2v) is 6.24. The van der Waals surface area contributed by atoms with Crippen molar-refractivity contribution in [1.82, 2.24) is 9.97 Å². The molecule has 0 amide bonds. The Balaban J connectivity index is 1.72. The summed E-state index contributed by atoms with van der Waals surface area (Å²) in [5.74, 6) is 8.02. The quantitative estimate of drug-likeness (QED) is 0.710. The standard InChI is InChI=1S/C21H18N4O2/c1-25(2)16-7-3-14(4-8-16)5-9-17-20(21(22)24-12-23-17)15-6-10-18-19(11-15)27-13-26-18/h3-4,6-8,10-12H,13H2,1-2H3,(H2,22,23,24). The van der Waals surface area contributed by atoms with E-state index in [0.29, 0.717) is 28.6 Å². The molecule has 2 aromatic carbocycles. The number of aromatic nitrogens is 2. The molecule has 0 saturated heterocycles. The Morgan fingerprint density at radius 2 is 1.74 bits per heavy atom. The van der Waals surface area contributed by atoms with E-state index in [0.717, 1.165) is 16.8 Å². The number of benzene rings is 2. The number of ether oxygens (including phenoxy) is 2. The molecular formula is C21H18N4O2. The molecule has 2 N–H and O–H groups in total. The van der Waals surface area contributed by atoms with Gasteiger partial charge in [0.25, 0.3) is 0 Å². The highest BCUT2D eigenvalue weighted by Crippen LogP contribution is 2.37. The van der Waals surface area contributed by atoms with Crippen molar-refractivity contribution in [2.75, 3.05) is 31.5 Å². The Bertz CT molecular complexity index is 1050. The van der Waals surface area contributed by atoms with E-state index >= 15 is 0 Å². The molecule has 6 nitrogen and oxygen atoms in total. The van der Waals surface area contributed by atoms with Crippen molar-refractivity contribution in [3.63, 3.8) is 0 Å². The molecule has 0 radical (unpaired) electrons. The number of hydrogen-bond acceptors (Lipinski definition) is 6. The fraction of sp³-hybridized carbons (Fsp3) is 0.143. The fourth-order valence-corrected chi connectivity index (χ4v) is 2.80. The van der Waals surface area contributed by atoms with Crippen LogP contribution in [-0.4, -0.2) is 30.9 Å². The van der Waals surface area contributed by atoms with Crippen LogP contribution >= 0.6 is 0 Å². The average Bonchev–Trinajstić information content (AvgIpc) is 3.14. The molecular weight excluding hydrogens is 340 g/mol. The van der Waals surface area contributed by atoms with Crippen LogP contribution < -0.4 is 20.1 Å². The Hall–Kier alpha value is -3.72. The maximum atomic E-state index is 6.12. The lowest BCUT2D eigenvalue weighted by molar-refractivity contribution is 0.174. The first kappa shape index (κ1) is 16.7. The maximum absolute atomic E-state index is 6.12. The number of rotatable bonds is 2. The third kappa shape index (κ3) is 3.35. The van der Waals surface area contributed by atoms with Crippen LogP contribution in [0.4, 0.5) is 11.5 Å². The van der Waals surface area contributed by atoms with Crippen LogP contribution in [0.15, 0.2) is 48.8 Å². The molecule has 4 rings (SSSR count). The lowest BCUT2D eigenvalue weighted by atomic mass is 10.0. The lowest BCUT2D eigenvalue weighted by Crippen LogP contribution is -2.07. The predicted molar refractivity (Wildman–Crippen MR) is 105 cm³/mol. The number of nitrogens with zero attached hydrogens (tertiary/aromatic N) is 3. The zero-order valence-corrected chi connectivity index (χ0v) is 15.1. The molecule has 6 heteroatoms. The van der Waals surface area contributed by atoms with Crippen molar-refractivity contribution < 1.29 is 9.47 Å². The molecule has 27 heavy (non-hydrogen) atoms. The van der Waals surface area contributed by atoms with Gasteiger partial charge < -0.3 is 20.1 Å². The molecule has 0 saturated carbocycles. The van der Waals surface area contributed by atoms with Crippen molar-refractivity contribution in [2.45, 2.75) is 0 Å². The highest BCUT2D eigenvalue weighted by molar-refractivity contribution is 5.80. The van der Waals surface area contributed by atoms with Crippen LogP contribution in [0, 0.1) is 11.8 Å². The zero-order chi connectivity index (χ0) is 18.8. The van der Waals surface area contributed by atoms with E-state index in [-0.39, 0.29) is 6.79 Å². The number of nitrogens with two attached hydrogens (primary N) is 1. The van der Waals surface area contributed by atoms with E-state index in [1.807, 2.05) is 61.5 Å². The third-order valence-corrected chi connectivity index (χ3v) is 4.25. The smallest absolute Gasteiger partial charge is 0.231 e. The van der Waals surface area contributed by atoms with Crippen LogP contribution in [0.25, 0.3) is 11.1 Å². The van der Waals surface area contributed by atoms with Gasteiger partial charge in [0.05, 0.1) is 5.56 Å². The summed E-state index contributed by atoms with van der Waals surface area (Å²) in [6.07, 6.45) is 1.42. The summed E-state index contributed by atoms with van der Waals surface area (Å²) in [6.45, 7) is 0.217. The molecule has 0 atom stereocenters. The minimum absolute atomic E-state index is 0.217. The van der Waals surface area contributed by atoms with Crippen molar-refractivity contribution in [2.24, 2.45) is 0 Å². The van der Waals surface area contributed by atoms with E-state index < -0.39 is 0 Å². The van der Waals surface area contributed by atoms with Crippen molar-refractivity contribution in [3.8, 4) is 34.5 Å². The summed E-state index contributed by atoms with van der Waals surface area (Å²) in [4.78, 5) is 10.5. The molecule has 3 aromatic rings. The summed E-state index contributed by atoms with van der Waals surface area (Å²) < 4.78 is 10.8. The highest BCUT2D eigenvalue weighted by Gasteiger charge is 2.17. The molecule has 0 fully saturated rings. The number of anilines is 2. The van der Waals surface area contributed by atoms with Gasteiger partial charge in [-0.25, -0.2) is 9.97 Å². The van der Waals surface area contributed by atoms with Gasteiger partial charge in [0.1, 0.15) is 17.8 Å². The normalized spacial score (nSPS) is 11.6. The summed E-state index contributed by atoms with van der Waals surface area (Å²) in [5, 5.41) is 0. The minimum atomic E-state index is 0.217. The fourth-order valence-electron chi connectivity index (χ4n) is 2.80. The molecule has 0 bridgehead atoms. The second-order valence-electron chi connectivity index (χ2n) is 6.24. The Morgan fingerprint density at radius 1 is 0.963 bits per heavy atom. The SMILES string of the molecule is CN(C)c1ccc(C#Cc2ncnc(N)c2-c2ccc3c(c2)OCO3)cc1. The zero-order valence-electron chi connectivity index (χ0n) is 15.1. The lowest BCUT2D eigenvalue weighted by Gasteiger charge is -2.11. The molecule has 1 aromatic heterocycles. The summed E-state index contributed by atoms with van der Waals surface area (Å²) in [6, 6.07) is 13.6.